The van der Waals surface area contributed by atoms with Gasteiger partial charge in [-0.25, -0.2) is 8.78 Å². The van der Waals surface area contributed by atoms with Gasteiger partial charge in [-0.15, -0.1) is 0 Å². The highest BCUT2D eigenvalue weighted by molar-refractivity contribution is 5.47. The number of aryl methyl sites for hydroxylation is 1. The first-order valence-electron chi connectivity index (χ1n) is 5.69. The maximum absolute atomic E-state index is 13.2. The molecule has 0 spiro atoms. The van der Waals surface area contributed by atoms with Gasteiger partial charge in [0.25, 0.3) is 0 Å². The molecule has 1 unspecified atom stereocenters. The van der Waals surface area contributed by atoms with Gasteiger partial charge in [-0.05, 0) is 49.2 Å². The highest BCUT2D eigenvalue weighted by Gasteiger charge is 2.07. The first-order chi connectivity index (χ1) is 8.54. The Labute approximate surface area is 105 Å². The van der Waals surface area contributed by atoms with Crippen LogP contribution in [-0.2, 0) is 0 Å². The van der Waals surface area contributed by atoms with Gasteiger partial charge in [0.15, 0.2) is 0 Å². The van der Waals surface area contributed by atoms with Crippen molar-refractivity contribution in [2.75, 3.05) is 5.32 Å². The molecule has 2 aromatic rings. The molecule has 1 N–H and O–H groups in total. The van der Waals surface area contributed by atoms with Crippen LogP contribution in [-0.4, -0.2) is 4.98 Å². The van der Waals surface area contributed by atoms with E-state index < -0.39 is 0 Å². The summed E-state index contributed by atoms with van der Waals surface area (Å²) in [7, 11) is 0. The van der Waals surface area contributed by atoms with E-state index in [1.165, 1.54) is 18.2 Å². The van der Waals surface area contributed by atoms with Crippen LogP contribution >= 0.6 is 0 Å². The Kier molecular flexibility index (Phi) is 3.55. The minimum Gasteiger partial charge on any atom is -0.378 e. The molecule has 0 bridgehead atoms. The Morgan fingerprint density at radius 1 is 1.06 bits per heavy atom. The first kappa shape index (κ1) is 12.5. The maximum atomic E-state index is 13.2. The van der Waals surface area contributed by atoms with Crippen molar-refractivity contribution in [3.63, 3.8) is 0 Å². The molecule has 0 amide bonds. The molecule has 18 heavy (non-hydrogen) atoms. The predicted molar refractivity (Wildman–Crippen MR) is 67.4 cm³/mol. The molecule has 94 valence electrons. The predicted octanol–water partition coefficient (Wildman–Crippen LogP) is 3.84. The number of pyridine rings is 1. The Morgan fingerprint density at radius 2 is 1.83 bits per heavy atom. The van der Waals surface area contributed by atoms with E-state index in [4.69, 9.17) is 0 Å². The topological polar surface area (TPSA) is 24.9 Å². The zero-order valence-electron chi connectivity index (χ0n) is 10.2. The molecule has 0 aliphatic carbocycles. The van der Waals surface area contributed by atoms with E-state index >= 15 is 0 Å². The molecule has 0 saturated carbocycles. The number of benzene rings is 1. The number of nitrogens with one attached hydrogen (secondary N) is 1. The highest BCUT2D eigenvalue weighted by Crippen LogP contribution is 2.21. The summed E-state index contributed by atoms with van der Waals surface area (Å²) in [6.07, 6.45) is 2.75. The highest BCUT2D eigenvalue weighted by atomic mass is 19.1. The monoisotopic (exact) mass is 248 g/mol. The second-order valence-corrected chi connectivity index (χ2v) is 4.32. The third kappa shape index (κ3) is 3.03. The molecule has 2 rings (SSSR count). The molecule has 0 saturated heterocycles. The lowest BCUT2D eigenvalue weighted by molar-refractivity contribution is 0.616. The van der Waals surface area contributed by atoms with E-state index in [0.717, 1.165) is 17.3 Å². The van der Waals surface area contributed by atoms with Crippen molar-refractivity contribution in [2.24, 2.45) is 0 Å². The van der Waals surface area contributed by atoms with Crippen LogP contribution in [0.5, 0.6) is 0 Å². The molecule has 0 radical (unpaired) electrons. The van der Waals surface area contributed by atoms with Gasteiger partial charge in [0.05, 0.1) is 12.2 Å². The summed E-state index contributed by atoms with van der Waals surface area (Å²) in [5.74, 6) is -0.668. The molecule has 1 atom stereocenters. The lowest BCUT2D eigenvalue weighted by Gasteiger charge is -2.16. The summed E-state index contributed by atoms with van der Waals surface area (Å²) in [6.45, 7) is 3.69. The summed E-state index contributed by atoms with van der Waals surface area (Å²) in [5, 5.41) is 3.12. The SMILES string of the molecule is Cc1cc(F)cc(NC(C)c2cncc(F)c2)c1. The number of anilines is 1. The molecule has 0 aliphatic rings. The summed E-state index contributed by atoms with van der Waals surface area (Å²) in [6, 6.07) is 5.98. The minimum atomic E-state index is -0.378. The molecular weight excluding hydrogens is 234 g/mol. The summed E-state index contributed by atoms with van der Waals surface area (Å²) >= 11 is 0. The maximum Gasteiger partial charge on any atom is 0.141 e. The van der Waals surface area contributed by atoms with Crippen LogP contribution in [0.2, 0.25) is 0 Å². The van der Waals surface area contributed by atoms with Gasteiger partial charge in [0.2, 0.25) is 0 Å². The van der Waals surface area contributed by atoms with E-state index in [1.807, 2.05) is 19.9 Å². The van der Waals surface area contributed by atoms with Crippen molar-refractivity contribution in [3.8, 4) is 0 Å². The smallest absolute Gasteiger partial charge is 0.141 e. The first-order valence-corrected chi connectivity index (χ1v) is 5.69. The van der Waals surface area contributed by atoms with E-state index in [-0.39, 0.29) is 17.7 Å². The summed E-state index contributed by atoms with van der Waals surface area (Å²) in [4.78, 5) is 3.79. The van der Waals surface area contributed by atoms with Crippen molar-refractivity contribution in [1.82, 2.24) is 4.98 Å². The second-order valence-electron chi connectivity index (χ2n) is 4.32. The van der Waals surface area contributed by atoms with E-state index in [1.54, 1.807) is 6.20 Å². The van der Waals surface area contributed by atoms with Gasteiger partial charge < -0.3 is 5.32 Å². The van der Waals surface area contributed by atoms with Gasteiger partial charge >= 0.3 is 0 Å². The average molecular weight is 248 g/mol. The van der Waals surface area contributed by atoms with Gasteiger partial charge in [-0.2, -0.15) is 0 Å². The van der Waals surface area contributed by atoms with E-state index in [2.05, 4.69) is 10.3 Å². The number of hydrogen-bond donors (Lipinski definition) is 1. The van der Waals surface area contributed by atoms with E-state index in [9.17, 15) is 8.78 Å². The van der Waals surface area contributed by atoms with Gasteiger partial charge in [0, 0.05) is 11.9 Å². The number of rotatable bonds is 3. The third-order valence-electron chi connectivity index (χ3n) is 2.65. The van der Waals surface area contributed by atoms with Crippen molar-refractivity contribution in [3.05, 3.63) is 59.4 Å². The molecule has 1 aromatic carbocycles. The van der Waals surface area contributed by atoms with Crippen LogP contribution in [0.1, 0.15) is 24.1 Å². The Morgan fingerprint density at radius 3 is 2.50 bits per heavy atom. The van der Waals surface area contributed by atoms with Crippen molar-refractivity contribution in [1.29, 1.82) is 0 Å². The lowest BCUT2D eigenvalue weighted by atomic mass is 10.1. The zero-order chi connectivity index (χ0) is 13.1. The van der Waals surface area contributed by atoms with Crippen molar-refractivity contribution in [2.45, 2.75) is 19.9 Å². The molecule has 1 heterocycles. The van der Waals surface area contributed by atoms with Gasteiger partial charge in [-0.1, -0.05) is 0 Å². The molecule has 1 aromatic heterocycles. The summed E-state index contributed by atoms with van der Waals surface area (Å²) in [5.41, 5.74) is 2.23. The second kappa shape index (κ2) is 5.12. The number of halogens is 2. The van der Waals surface area contributed by atoms with Crippen LogP contribution in [0.3, 0.4) is 0 Å². The molecule has 4 heteroatoms. The zero-order valence-corrected chi connectivity index (χ0v) is 10.2. The van der Waals surface area contributed by atoms with Gasteiger partial charge in [0.1, 0.15) is 11.6 Å². The minimum absolute atomic E-state index is 0.144. The standard InChI is InChI=1S/C14H14F2N2/c1-9-3-12(15)6-14(4-9)18-10(2)11-5-13(16)8-17-7-11/h3-8,10,18H,1-2H3. The van der Waals surface area contributed by atoms with Crippen LogP contribution in [0.25, 0.3) is 0 Å². The number of aromatic nitrogens is 1. The molecule has 0 fully saturated rings. The fourth-order valence-corrected chi connectivity index (χ4v) is 1.82. The largest absolute Gasteiger partial charge is 0.378 e. The van der Waals surface area contributed by atoms with Crippen LogP contribution in [0.15, 0.2) is 36.7 Å². The number of hydrogen-bond acceptors (Lipinski definition) is 2. The lowest BCUT2D eigenvalue weighted by Crippen LogP contribution is -2.07. The van der Waals surface area contributed by atoms with Crippen molar-refractivity contribution >= 4 is 5.69 Å². The fraction of sp³-hybridized carbons (Fsp3) is 0.214. The normalized spacial score (nSPS) is 12.2. The Bertz CT molecular complexity index is 535. The van der Waals surface area contributed by atoms with Crippen LogP contribution in [0, 0.1) is 18.6 Å². The summed E-state index contributed by atoms with van der Waals surface area (Å²) < 4.78 is 26.3. The Balaban J connectivity index is 2.18. The molecule has 2 nitrogen and oxygen atoms in total. The average Bonchev–Trinajstić information content (AvgIpc) is 2.27. The van der Waals surface area contributed by atoms with Crippen LogP contribution in [0.4, 0.5) is 14.5 Å². The van der Waals surface area contributed by atoms with Crippen molar-refractivity contribution < 1.29 is 8.78 Å². The van der Waals surface area contributed by atoms with Gasteiger partial charge in [-0.3, -0.25) is 4.98 Å². The van der Waals surface area contributed by atoms with E-state index in [0.29, 0.717) is 5.69 Å². The molecule has 0 aliphatic heterocycles. The quantitative estimate of drug-likeness (QED) is 0.892. The molecular formula is C14H14F2N2. The fourth-order valence-electron chi connectivity index (χ4n) is 1.82. The number of nitrogens with zero attached hydrogens (tertiary/aromatic N) is 1. The third-order valence-corrected chi connectivity index (χ3v) is 2.65. The van der Waals surface area contributed by atoms with Crippen LogP contribution < -0.4 is 5.32 Å². The Hall–Kier alpha value is -1.97.